The van der Waals surface area contributed by atoms with E-state index in [2.05, 4.69) is 39.9 Å². The summed E-state index contributed by atoms with van der Waals surface area (Å²) in [6.45, 7) is 4.17. The lowest BCUT2D eigenvalue weighted by Gasteiger charge is -2.12. The second kappa shape index (κ2) is 5.63. The van der Waals surface area contributed by atoms with E-state index in [1.165, 1.54) is 0 Å². The molecule has 0 aliphatic heterocycles. The smallest absolute Gasteiger partial charge is 0.244 e. The van der Waals surface area contributed by atoms with Crippen LogP contribution in [0.15, 0.2) is 33.3 Å². The number of benzene rings is 1. The van der Waals surface area contributed by atoms with Gasteiger partial charge in [0.25, 0.3) is 0 Å². The van der Waals surface area contributed by atoms with E-state index in [1.807, 2.05) is 24.3 Å². The highest BCUT2D eigenvalue weighted by atomic mass is 79.9. The third kappa shape index (κ3) is 2.79. The first-order valence-corrected chi connectivity index (χ1v) is 6.76. The topological polar surface area (TPSA) is 64.9 Å². The maximum atomic E-state index is 6.06. The van der Waals surface area contributed by atoms with Crippen molar-refractivity contribution >= 4 is 15.9 Å². The molecule has 0 fully saturated rings. The molecule has 0 spiro atoms. The summed E-state index contributed by atoms with van der Waals surface area (Å²) in [5, 5.41) is 3.98. The van der Waals surface area contributed by atoms with Gasteiger partial charge in [-0.25, -0.2) is 0 Å². The van der Waals surface area contributed by atoms with Gasteiger partial charge in [0.15, 0.2) is 0 Å². The minimum Gasteiger partial charge on any atom is -0.337 e. The molecule has 1 heterocycles. The Hall–Kier alpha value is -1.20. The van der Waals surface area contributed by atoms with Gasteiger partial charge in [-0.2, -0.15) is 4.98 Å². The summed E-state index contributed by atoms with van der Waals surface area (Å²) in [5.74, 6) is 1.39. The summed E-state index contributed by atoms with van der Waals surface area (Å²) in [6.07, 6.45) is 0.982. The Labute approximate surface area is 115 Å². The molecule has 0 bridgehead atoms. The van der Waals surface area contributed by atoms with Crippen LogP contribution in [0.2, 0.25) is 0 Å². The van der Waals surface area contributed by atoms with Gasteiger partial charge in [-0.3, -0.25) is 0 Å². The van der Waals surface area contributed by atoms with Crippen molar-refractivity contribution in [3.8, 4) is 11.4 Å². The molecule has 0 aliphatic rings. The van der Waals surface area contributed by atoms with Crippen molar-refractivity contribution in [1.29, 1.82) is 0 Å². The lowest BCUT2D eigenvalue weighted by atomic mass is 10.0. The van der Waals surface area contributed by atoms with Crippen molar-refractivity contribution in [3.63, 3.8) is 0 Å². The minimum absolute atomic E-state index is 0.205. The van der Waals surface area contributed by atoms with E-state index in [0.29, 0.717) is 17.6 Å². The number of halogens is 1. The van der Waals surface area contributed by atoms with Gasteiger partial charge in [0.1, 0.15) is 0 Å². The number of rotatable bonds is 4. The van der Waals surface area contributed by atoms with Gasteiger partial charge in [-0.1, -0.05) is 53.5 Å². The van der Waals surface area contributed by atoms with E-state index in [1.54, 1.807) is 0 Å². The minimum atomic E-state index is -0.205. The largest absolute Gasteiger partial charge is 0.337 e. The van der Waals surface area contributed by atoms with Crippen LogP contribution >= 0.6 is 15.9 Å². The summed E-state index contributed by atoms with van der Waals surface area (Å²) >= 11 is 3.42. The summed E-state index contributed by atoms with van der Waals surface area (Å²) in [4.78, 5) is 4.37. The number of nitrogens with two attached hydrogens (primary N) is 1. The Balaban J connectivity index is 2.25. The van der Waals surface area contributed by atoms with Crippen LogP contribution in [0.5, 0.6) is 0 Å². The van der Waals surface area contributed by atoms with Crippen LogP contribution in [0.4, 0.5) is 0 Å². The Morgan fingerprint density at radius 3 is 2.89 bits per heavy atom. The Morgan fingerprint density at radius 1 is 1.44 bits per heavy atom. The Kier molecular flexibility index (Phi) is 4.14. The van der Waals surface area contributed by atoms with Crippen LogP contribution in [0.3, 0.4) is 0 Å². The monoisotopic (exact) mass is 309 g/mol. The predicted molar refractivity (Wildman–Crippen MR) is 73.8 cm³/mol. The summed E-state index contributed by atoms with van der Waals surface area (Å²) in [5.41, 5.74) is 6.98. The van der Waals surface area contributed by atoms with E-state index in [-0.39, 0.29) is 6.04 Å². The van der Waals surface area contributed by atoms with E-state index in [0.717, 1.165) is 16.5 Å². The molecule has 96 valence electrons. The molecule has 0 aliphatic carbocycles. The van der Waals surface area contributed by atoms with Gasteiger partial charge < -0.3 is 10.3 Å². The predicted octanol–water partition coefficient (Wildman–Crippen LogP) is 3.55. The second-order valence-electron chi connectivity index (χ2n) is 4.38. The molecule has 1 aromatic heterocycles. The van der Waals surface area contributed by atoms with Crippen LogP contribution < -0.4 is 5.73 Å². The summed E-state index contributed by atoms with van der Waals surface area (Å²) in [7, 11) is 0. The molecule has 4 nitrogen and oxygen atoms in total. The molecule has 5 heteroatoms. The normalized spacial score (nSPS) is 14.4. The van der Waals surface area contributed by atoms with Gasteiger partial charge >= 0.3 is 0 Å². The number of nitrogens with zero attached hydrogens (tertiary/aromatic N) is 2. The van der Waals surface area contributed by atoms with Gasteiger partial charge in [-0.15, -0.1) is 0 Å². The molecule has 2 atom stereocenters. The molecule has 0 saturated heterocycles. The van der Waals surface area contributed by atoms with Crippen molar-refractivity contribution in [2.75, 3.05) is 0 Å². The summed E-state index contributed by atoms with van der Waals surface area (Å²) in [6, 6.07) is 7.57. The van der Waals surface area contributed by atoms with E-state index >= 15 is 0 Å². The zero-order valence-electron chi connectivity index (χ0n) is 10.4. The second-order valence-corrected chi connectivity index (χ2v) is 5.29. The third-order valence-corrected chi connectivity index (χ3v) is 3.56. The lowest BCUT2D eigenvalue weighted by molar-refractivity contribution is 0.312. The molecule has 2 rings (SSSR count). The molecular weight excluding hydrogens is 294 g/mol. The zero-order chi connectivity index (χ0) is 13.1. The molecule has 1 aromatic carbocycles. The molecule has 0 amide bonds. The maximum Gasteiger partial charge on any atom is 0.244 e. The molecular formula is C13H16BrN3O. The molecule has 0 radical (unpaired) electrons. The van der Waals surface area contributed by atoms with Crippen molar-refractivity contribution < 1.29 is 4.52 Å². The van der Waals surface area contributed by atoms with E-state index < -0.39 is 0 Å². The first-order chi connectivity index (χ1) is 8.61. The van der Waals surface area contributed by atoms with Crippen molar-refractivity contribution in [2.45, 2.75) is 26.3 Å². The zero-order valence-corrected chi connectivity index (χ0v) is 12.0. The highest BCUT2D eigenvalue weighted by Crippen LogP contribution is 2.24. The third-order valence-electron chi connectivity index (χ3n) is 3.07. The van der Waals surface area contributed by atoms with Crippen LogP contribution in [0.25, 0.3) is 11.4 Å². The Morgan fingerprint density at radius 2 is 2.22 bits per heavy atom. The van der Waals surface area contributed by atoms with Gasteiger partial charge in [0.05, 0.1) is 6.04 Å². The fourth-order valence-corrected chi connectivity index (χ4v) is 2.01. The van der Waals surface area contributed by atoms with Crippen LogP contribution in [0.1, 0.15) is 32.2 Å². The van der Waals surface area contributed by atoms with E-state index in [4.69, 9.17) is 10.3 Å². The SMILES string of the molecule is CCC(C)[C@H](N)c1nc(-c2cccc(Br)c2)no1. The molecule has 1 unspecified atom stereocenters. The first-order valence-electron chi connectivity index (χ1n) is 5.97. The van der Waals surface area contributed by atoms with Crippen molar-refractivity contribution in [1.82, 2.24) is 10.1 Å². The van der Waals surface area contributed by atoms with Crippen LogP contribution in [-0.4, -0.2) is 10.1 Å². The molecule has 18 heavy (non-hydrogen) atoms. The van der Waals surface area contributed by atoms with Crippen LogP contribution in [0, 0.1) is 5.92 Å². The average molecular weight is 310 g/mol. The fourth-order valence-electron chi connectivity index (χ4n) is 1.61. The van der Waals surface area contributed by atoms with Gasteiger partial charge in [-0.05, 0) is 18.1 Å². The number of hydrogen-bond donors (Lipinski definition) is 1. The number of aromatic nitrogens is 2. The highest BCUT2D eigenvalue weighted by Gasteiger charge is 2.20. The average Bonchev–Trinajstić information content (AvgIpc) is 2.86. The highest BCUT2D eigenvalue weighted by molar-refractivity contribution is 9.10. The van der Waals surface area contributed by atoms with Gasteiger partial charge in [0, 0.05) is 10.0 Å². The maximum absolute atomic E-state index is 6.06. The van der Waals surface area contributed by atoms with Crippen molar-refractivity contribution in [3.05, 3.63) is 34.6 Å². The van der Waals surface area contributed by atoms with Gasteiger partial charge in [0.2, 0.25) is 11.7 Å². The summed E-state index contributed by atoms with van der Waals surface area (Å²) < 4.78 is 6.23. The molecule has 2 N–H and O–H groups in total. The lowest BCUT2D eigenvalue weighted by Crippen LogP contribution is -2.18. The van der Waals surface area contributed by atoms with E-state index in [9.17, 15) is 0 Å². The number of hydrogen-bond acceptors (Lipinski definition) is 4. The standard InChI is InChI=1S/C13H16BrN3O/c1-3-8(2)11(15)13-16-12(17-18-13)9-5-4-6-10(14)7-9/h4-8,11H,3,15H2,1-2H3/t8?,11-/m0/s1. The Bertz CT molecular complexity index is 526. The molecule has 0 saturated carbocycles. The molecule has 2 aromatic rings. The first kappa shape index (κ1) is 13.2. The fraction of sp³-hybridized carbons (Fsp3) is 0.385. The quantitative estimate of drug-likeness (QED) is 0.938. The van der Waals surface area contributed by atoms with Crippen molar-refractivity contribution in [2.24, 2.45) is 11.7 Å². The van der Waals surface area contributed by atoms with Crippen LogP contribution in [-0.2, 0) is 0 Å².